The van der Waals surface area contributed by atoms with Gasteiger partial charge in [-0.05, 0) is 30.7 Å². The van der Waals surface area contributed by atoms with Gasteiger partial charge in [-0.1, -0.05) is 18.2 Å². The molecule has 0 radical (unpaired) electrons. The van der Waals surface area contributed by atoms with Gasteiger partial charge in [-0.15, -0.1) is 0 Å². The van der Waals surface area contributed by atoms with E-state index in [4.69, 9.17) is 10.5 Å². The van der Waals surface area contributed by atoms with Crippen LogP contribution in [0.5, 0.6) is 11.6 Å². The molecule has 2 aromatic heterocycles. The molecule has 1 saturated heterocycles. The molecule has 3 heterocycles. The number of aromatic nitrogens is 3. The van der Waals surface area contributed by atoms with Crippen LogP contribution >= 0.6 is 0 Å². The summed E-state index contributed by atoms with van der Waals surface area (Å²) in [4.78, 5) is 37.1. The van der Waals surface area contributed by atoms with Crippen molar-refractivity contribution in [2.24, 2.45) is 5.73 Å². The summed E-state index contributed by atoms with van der Waals surface area (Å²) in [5, 5.41) is 2.67. The van der Waals surface area contributed by atoms with E-state index in [1.54, 1.807) is 24.0 Å². The minimum Gasteiger partial charge on any atom is -0.438 e. The van der Waals surface area contributed by atoms with Crippen molar-refractivity contribution in [1.82, 2.24) is 19.9 Å². The standard InChI is InChI=1S/C24H26F2N6O3/c1-15(22(33)31-20-12-29-21(13-28-20)35-18-5-3-2-4-6-18)32-8-7-24(25,26)19(14-32)17-9-16(10-27)23(34)30-11-17/h2-6,9,11-13,15,19H,7-8,10,14,27H2,1H3,(H,30,34)(H,28,31,33)/t15-,19+/m0/s1. The first-order valence-electron chi connectivity index (χ1n) is 11.2. The molecule has 1 aromatic carbocycles. The van der Waals surface area contributed by atoms with Gasteiger partial charge in [0.05, 0.1) is 24.4 Å². The number of pyridine rings is 1. The molecule has 1 fully saturated rings. The quantitative estimate of drug-likeness (QED) is 0.471. The lowest BCUT2D eigenvalue weighted by Gasteiger charge is -2.40. The average Bonchev–Trinajstić information content (AvgIpc) is 2.86. The van der Waals surface area contributed by atoms with E-state index in [1.165, 1.54) is 24.7 Å². The number of anilines is 1. The minimum atomic E-state index is -2.99. The maximum absolute atomic E-state index is 14.8. The lowest BCUT2D eigenvalue weighted by molar-refractivity contribution is -0.125. The average molecular weight is 485 g/mol. The smallest absolute Gasteiger partial charge is 0.257 e. The predicted molar refractivity (Wildman–Crippen MR) is 125 cm³/mol. The first kappa shape index (κ1) is 24.4. The fourth-order valence-corrected chi connectivity index (χ4v) is 3.97. The number of rotatable bonds is 7. The predicted octanol–water partition coefficient (Wildman–Crippen LogP) is 2.87. The van der Waals surface area contributed by atoms with E-state index in [0.717, 1.165) is 0 Å². The molecule has 9 nitrogen and oxygen atoms in total. The van der Waals surface area contributed by atoms with Crippen LogP contribution in [0.4, 0.5) is 14.6 Å². The van der Waals surface area contributed by atoms with Crippen molar-refractivity contribution in [3.05, 3.63) is 76.5 Å². The topological polar surface area (TPSA) is 126 Å². The number of para-hydroxylation sites is 1. The van der Waals surface area contributed by atoms with Crippen LogP contribution in [-0.2, 0) is 11.3 Å². The highest BCUT2D eigenvalue weighted by molar-refractivity contribution is 5.93. The summed E-state index contributed by atoms with van der Waals surface area (Å²) < 4.78 is 35.2. The number of alkyl halides is 2. The molecule has 1 aliphatic heterocycles. The van der Waals surface area contributed by atoms with Crippen molar-refractivity contribution < 1.29 is 18.3 Å². The second-order valence-corrected chi connectivity index (χ2v) is 8.37. The molecule has 11 heteroatoms. The van der Waals surface area contributed by atoms with Crippen LogP contribution in [0, 0.1) is 0 Å². The van der Waals surface area contributed by atoms with E-state index >= 15 is 0 Å². The maximum Gasteiger partial charge on any atom is 0.257 e. The number of carbonyl (C=O) groups is 1. The number of H-pyrrole nitrogens is 1. The number of piperidine rings is 1. The van der Waals surface area contributed by atoms with Gasteiger partial charge in [0.25, 0.3) is 11.5 Å². The molecule has 0 spiro atoms. The van der Waals surface area contributed by atoms with Gasteiger partial charge in [0.15, 0.2) is 5.82 Å². The normalized spacial score (nSPS) is 18.6. The zero-order valence-electron chi connectivity index (χ0n) is 19.1. The second kappa shape index (κ2) is 10.3. The fourth-order valence-electron chi connectivity index (χ4n) is 3.97. The number of nitrogens with two attached hydrogens (primary N) is 1. The molecule has 35 heavy (non-hydrogen) atoms. The molecule has 4 N–H and O–H groups in total. The van der Waals surface area contributed by atoms with E-state index in [2.05, 4.69) is 20.3 Å². The third-order valence-electron chi connectivity index (χ3n) is 6.06. The first-order chi connectivity index (χ1) is 16.8. The van der Waals surface area contributed by atoms with Crippen LogP contribution in [-0.4, -0.2) is 50.8 Å². The Labute approximate surface area is 200 Å². The van der Waals surface area contributed by atoms with E-state index in [0.29, 0.717) is 5.75 Å². The molecule has 1 amide bonds. The van der Waals surface area contributed by atoms with Gasteiger partial charge in [-0.25, -0.2) is 18.7 Å². The number of aromatic amines is 1. The summed E-state index contributed by atoms with van der Waals surface area (Å²) in [5.74, 6) is -3.50. The Bertz CT molecular complexity index is 1220. The highest BCUT2D eigenvalue weighted by atomic mass is 19.3. The van der Waals surface area contributed by atoms with Gasteiger partial charge < -0.3 is 20.8 Å². The maximum atomic E-state index is 14.8. The number of nitrogens with zero attached hydrogens (tertiary/aromatic N) is 3. The summed E-state index contributed by atoms with van der Waals surface area (Å²) in [6.45, 7) is 1.57. The lowest BCUT2D eigenvalue weighted by Crippen LogP contribution is -2.52. The first-order valence-corrected chi connectivity index (χ1v) is 11.2. The molecule has 3 aromatic rings. The van der Waals surface area contributed by atoms with Crippen molar-refractivity contribution >= 4 is 11.7 Å². The van der Waals surface area contributed by atoms with E-state index in [-0.39, 0.29) is 42.5 Å². The van der Waals surface area contributed by atoms with Crippen LogP contribution in [0.15, 0.2) is 59.8 Å². The number of benzene rings is 1. The Hall–Kier alpha value is -3.70. The number of nitrogens with one attached hydrogen (secondary N) is 2. The Morgan fingerprint density at radius 3 is 2.77 bits per heavy atom. The summed E-state index contributed by atoms with van der Waals surface area (Å²) in [6, 6.07) is 9.79. The Morgan fingerprint density at radius 2 is 2.09 bits per heavy atom. The van der Waals surface area contributed by atoms with Gasteiger partial charge in [-0.2, -0.15) is 0 Å². The molecule has 0 saturated carbocycles. The SMILES string of the molecule is C[C@@H](C(=O)Nc1cnc(Oc2ccccc2)cn1)N1CCC(F)(F)[C@@H](c2c[nH]c(=O)c(CN)c2)C1. The molecule has 4 rings (SSSR count). The van der Waals surface area contributed by atoms with Crippen molar-refractivity contribution in [3.8, 4) is 11.6 Å². The summed E-state index contributed by atoms with van der Waals surface area (Å²) in [7, 11) is 0. The number of carbonyl (C=O) groups excluding carboxylic acids is 1. The highest BCUT2D eigenvalue weighted by Crippen LogP contribution is 2.40. The summed E-state index contributed by atoms with van der Waals surface area (Å²) in [5.41, 5.74) is 5.68. The van der Waals surface area contributed by atoms with Crippen molar-refractivity contribution in [2.45, 2.75) is 37.8 Å². The third kappa shape index (κ3) is 5.69. The van der Waals surface area contributed by atoms with Crippen molar-refractivity contribution in [3.63, 3.8) is 0 Å². The Balaban J connectivity index is 1.41. The number of hydrogen-bond acceptors (Lipinski definition) is 7. The molecular formula is C24H26F2N6O3. The van der Waals surface area contributed by atoms with Gasteiger partial charge in [0, 0.05) is 37.8 Å². The Kier molecular flexibility index (Phi) is 7.17. The molecule has 0 bridgehead atoms. The van der Waals surface area contributed by atoms with E-state index in [1.807, 2.05) is 18.2 Å². The number of halogens is 2. The van der Waals surface area contributed by atoms with Crippen molar-refractivity contribution in [2.75, 3.05) is 18.4 Å². The van der Waals surface area contributed by atoms with E-state index in [9.17, 15) is 18.4 Å². The summed E-state index contributed by atoms with van der Waals surface area (Å²) in [6.07, 6.45) is 3.63. The molecule has 0 aliphatic carbocycles. The van der Waals surface area contributed by atoms with Crippen LogP contribution < -0.4 is 21.3 Å². The number of amides is 1. The van der Waals surface area contributed by atoms with E-state index < -0.39 is 35.8 Å². The van der Waals surface area contributed by atoms with Gasteiger partial charge in [0.1, 0.15) is 5.75 Å². The number of ether oxygens (including phenoxy) is 1. The largest absolute Gasteiger partial charge is 0.438 e. The molecular weight excluding hydrogens is 458 g/mol. The van der Waals surface area contributed by atoms with Crippen LogP contribution in [0.2, 0.25) is 0 Å². The highest BCUT2D eigenvalue weighted by Gasteiger charge is 2.46. The fraction of sp³-hybridized carbons (Fsp3) is 0.333. The second-order valence-electron chi connectivity index (χ2n) is 8.37. The molecule has 1 aliphatic rings. The number of likely N-dealkylation sites (tertiary alicyclic amines) is 1. The zero-order chi connectivity index (χ0) is 25.0. The minimum absolute atomic E-state index is 0.0424. The molecule has 2 atom stereocenters. The lowest BCUT2D eigenvalue weighted by atomic mass is 9.86. The van der Waals surface area contributed by atoms with Gasteiger partial charge >= 0.3 is 0 Å². The monoisotopic (exact) mass is 484 g/mol. The Morgan fingerprint density at radius 1 is 1.31 bits per heavy atom. The van der Waals surface area contributed by atoms with Crippen LogP contribution in [0.3, 0.4) is 0 Å². The molecule has 0 unspecified atom stereocenters. The zero-order valence-corrected chi connectivity index (χ0v) is 19.1. The number of hydrogen-bond donors (Lipinski definition) is 3. The van der Waals surface area contributed by atoms with Crippen molar-refractivity contribution in [1.29, 1.82) is 0 Å². The van der Waals surface area contributed by atoms with Crippen LogP contribution in [0.25, 0.3) is 0 Å². The molecule has 184 valence electrons. The van der Waals surface area contributed by atoms with Gasteiger partial charge in [0.2, 0.25) is 11.8 Å². The summed E-state index contributed by atoms with van der Waals surface area (Å²) >= 11 is 0. The van der Waals surface area contributed by atoms with Gasteiger partial charge in [-0.3, -0.25) is 14.5 Å². The third-order valence-corrected chi connectivity index (χ3v) is 6.06. The van der Waals surface area contributed by atoms with Crippen LogP contribution in [0.1, 0.15) is 30.4 Å².